The lowest BCUT2D eigenvalue weighted by atomic mass is 10.1. The fraction of sp³-hybridized carbons (Fsp3) is 0.400. The zero-order chi connectivity index (χ0) is 24.5. The number of carbonyl (C=O) groups excluding carboxylic acids is 3. The van der Waals surface area contributed by atoms with Crippen LogP contribution < -0.4 is 10.7 Å². The number of carbonyl (C=O) groups is 3. The molecule has 2 amide bonds. The number of amides is 2. The lowest BCUT2D eigenvalue weighted by molar-refractivity contribution is -0.114. The third-order valence-corrected chi connectivity index (χ3v) is 5.33. The largest absolute Gasteiger partial charge is 0.504 e. The molecule has 9 nitrogen and oxygen atoms in total. The molecule has 1 aromatic carbocycles. The second kappa shape index (κ2) is 11.9. The first-order valence-corrected chi connectivity index (χ1v) is 11.5. The molecule has 3 aromatic rings. The molecule has 0 aliphatic heterocycles. The maximum absolute atomic E-state index is 12.5. The van der Waals surface area contributed by atoms with Gasteiger partial charge in [0.15, 0.2) is 0 Å². The minimum atomic E-state index is -0.706. The molecule has 0 saturated heterocycles. The number of unbranched alkanes of at least 4 members (excludes halogenated alkanes) is 5. The number of aromatic nitrogens is 2. The summed E-state index contributed by atoms with van der Waals surface area (Å²) in [6.45, 7) is 3.85. The molecule has 0 atom stereocenters. The molecule has 0 aliphatic carbocycles. The summed E-state index contributed by atoms with van der Waals surface area (Å²) in [6, 6.07) is 3.20. The first kappa shape index (κ1) is 24.9. The molecule has 180 valence electrons. The van der Waals surface area contributed by atoms with E-state index >= 15 is 0 Å². The molecule has 0 aliphatic rings. The first-order chi connectivity index (χ1) is 16.4. The lowest BCUT2D eigenvalue weighted by Crippen LogP contribution is -2.14. The van der Waals surface area contributed by atoms with Gasteiger partial charge in [-0.1, -0.05) is 39.0 Å². The average molecular weight is 467 g/mol. The van der Waals surface area contributed by atoms with Crippen LogP contribution >= 0.6 is 0 Å². The Kier molecular flexibility index (Phi) is 8.73. The van der Waals surface area contributed by atoms with E-state index in [1.54, 1.807) is 18.3 Å². The highest BCUT2D eigenvalue weighted by Gasteiger charge is 2.17. The summed E-state index contributed by atoms with van der Waals surface area (Å²) >= 11 is 0. The second-order valence-electron chi connectivity index (χ2n) is 8.02. The van der Waals surface area contributed by atoms with Crippen LogP contribution in [0.2, 0.25) is 0 Å². The van der Waals surface area contributed by atoms with Crippen LogP contribution in [0, 0.1) is 0 Å². The SMILES string of the molecule is CCCCCCCCOC(=O)/N=c1\cc(NC(C)=O)c2[nH]c(C(=O)/C=C\OC)cc3cnc1c32. The van der Waals surface area contributed by atoms with Gasteiger partial charge in [-0.15, -0.1) is 0 Å². The number of nitrogens with zero attached hydrogens (tertiary/aromatic N) is 2. The number of allylic oxidation sites excluding steroid dienone is 1. The summed E-state index contributed by atoms with van der Waals surface area (Å²) in [5, 5.41) is 4.34. The zero-order valence-corrected chi connectivity index (χ0v) is 19.8. The van der Waals surface area contributed by atoms with Gasteiger partial charge in [-0.05, 0) is 18.6 Å². The molecule has 34 heavy (non-hydrogen) atoms. The Morgan fingerprint density at radius 3 is 2.65 bits per heavy atom. The first-order valence-electron chi connectivity index (χ1n) is 11.5. The fourth-order valence-electron chi connectivity index (χ4n) is 3.73. The summed E-state index contributed by atoms with van der Waals surface area (Å²) < 4.78 is 10.1. The highest BCUT2D eigenvalue weighted by molar-refractivity contribution is 6.16. The molecule has 0 fully saturated rings. The summed E-state index contributed by atoms with van der Waals surface area (Å²) in [4.78, 5) is 48.2. The van der Waals surface area contributed by atoms with E-state index in [0.29, 0.717) is 39.8 Å². The van der Waals surface area contributed by atoms with Crippen molar-refractivity contribution in [3.63, 3.8) is 0 Å². The van der Waals surface area contributed by atoms with E-state index in [-0.39, 0.29) is 17.0 Å². The molecule has 0 bridgehead atoms. The normalized spacial score (nSPS) is 12.0. The van der Waals surface area contributed by atoms with Crippen molar-refractivity contribution in [3.05, 3.63) is 41.7 Å². The average Bonchev–Trinajstić information content (AvgIpc) is 3.24. The van der Waals surface area contributed by atoms with Gasteiger partial charge in [0.2, 0.25) is 11.7 Å². The van der Waals surface area contributed by atoms with E-state index in [4.69, 9.17) is 9.47 Å². The van der Waals surface area contributed by atoms with Crippen LogP contribution in [-0.4, -0.2) is 41.5 Å². The summed E-state index contributed by atoms with van der Waals surface area (Å²) in [5.74, 6) is -0.612. The van der Waals surface area contributed by atoms with Gasteiger partial charge in [0.05, 0.1) is 47.8 Å². The Labute approximate surface area is 197 Å². The molecular weight excluding hydrogens is 436 g/mol. The van der Waals surface area contributed by atoms with Crippen molar-refractivity contribution in [2.24, 2.45) is 4.99 Å². The molecule has 0 spiro atoms. The number of nitrogens with one attached hydrogen (secondary N) is 2. The van der Waals surface area contributed by atoms with Crippen LogP contribution in [0.1, 0.15) is 62.9 Å². The van der Waals surface area contributed by atoms with Gasteiger partial charge in [0, 0.05) is 30.0 Å². The minimum Gasteiger partial charge on any atom is -0.504 e. The molecular formula is C25H30N4O5. The van der Waals surface area contributed by atoms with Crippen LogP contribution in [0.4, 0.5) is 10.5 Å². The predicted octanol–water partition coefficient (Wildman–Crippen LogP) is 4.85. The second-order valence-corrected chi connectivity index (χ2v) is 8.02. The number of methoxy groups -OCH3 is 1. The molecule has 2 aromatic heterocycles. The van der Waals surface area contributed by atoms with Crippen molar-refractivity contribution < 1.29 is 23.9 Å². The van der Waals surface area contributed by atoms with Gasteiger partial charge in [-0.2, -0.15) is 4.99 Å². The van der Waals surface area contributed by atoms with Crippen LogP contribution in [0.3, 0.4) is 0 Å². The van der Waals surface area contributed by atoms with Gasteiger partial charge in [0.25, 0.3) is 0 Å². The maximum Gasteiger partial charge on any atom is 0.434 e. The molecule has 2 heterocycles. The molecule has 3 rings (SSSR count). The fourth-order valence-corrected chi connectivity index (χ4v) is 3.73. The van der Waals surface area contributed by atoms with Crippen molar-refractivity contribution in [1.29, 1.82) is 0 Å². The third-order valence-electron chi connectivity index (χ3n) is 5.33. The van der Waals surface area contributed by atoms with Crippen LogP contribution in [0.5, 0.6) is 0 Å². The van der Waals surface area contributed by atoms with Gasteiger partial charge in [-0.25, -0.2) is 4.79 Å². The number of H-pyrrole nitrogens is 1. The van der Waals surface area contributed by atoms with Crippen molar-refractivity contribution in [1.82, 2.24) is 9.97 Å². The number of ether oxygens (including phenoxy) is 2. The van der Waals surface area contributed by atoms with Crippen molar-refractivity contribution in [3.8, 4) is 0 Å². The highest BCUT2D eigenvalue weighted by atomic mass is 16.5. The number of aromatic amines is 1. The molecule has 9 heteroatoms. The number of benzene rings is 1. The van der Waals surface area contributed by atoms with E-state index < -0.39 is 6.09 Å². The summed E-state index contributed by atoms with van der Waals surface area (Å²) in [5.41, 5.74) is 1.66. The third kappa shape index (κ3) is 6.18. The van der Waals surface area contributed by atoms with Crippen molar-refractivity contribution >= 4 is 45.3 Å². The van der Waals surface area contributed by atoms with Crippen molar-refractivity contribution in [2.45, 2.75) is 52.4 Å². The quantitative estimate of drug-likeness (QED) is 0.180. The summed E-state index contributed by atoms with van der Waals surface area (Å²) in [6.07, 6.45) is 9.98. The number of ketones is 1. The molecule has 2 N–H and O–H groups in total. The van der Waals surface area contributed by atoms with Crippen molar-refractivity contribution in [2.75, 3.05) is 19.0 Å². The van der Waals surface area contributed by atoms with E-state index in [1.807, 2.05) is 0 Å². The van der Waals surface area contributed by atoms with Crippen LogP contribution in [0.15, 0.2) is 35.7 Å². The Morgan fingerprint density at radius 2 is 1.91 bits per heavy atom. The topological polar surface area (TPSA) is 123 Å². The Bertz CT molecular complexity index is 1260. The lowest BCUT2D eigenvalue weighted by Gasteiger charge is -2.10. The van der Waals surface area contributed by atoms with Crippen LogP contribution in [0.25, 0.3) is 21.8 Å². The van der Waals surface area contributed by atoms with E-state index in [2.05, 4.69) is 27.2 Å². The Hall–Kier alpha value is -3.75. The highest BCUT2D eigenvalue weighted by Crippen LogP contribution is 2.29. The molecule has 0 saturated carbocycles. The molecule has 0 unspecified atom stereocenters. The number of hydrogen-bond donors (Lipinski definition) is 2. The standard InChI is InChI=1S/C25H30N4O5/c1-4-5-6-7-8-9-11-34-25(32)29-19-14-20(27-16(2)30)24-22-17(15-26-23(19)22)13-18(28-24)21(31)10-12-33-3/h10,12-15,28H,4-9,11H2,1-3H3,(H,27,30)/b12-10-,29-19+. The predicted molar refractivity (Wildman–Crippen MR) is 130 cm³/mol. The number of hydrogen-bond acceptors (Lipinski definition) is 6. The monoisotopic (exact) mass is 466 g/mol. The Balaban J connectivity index is 1.91. The smallest absolute Gasteiger partial charge is 0.434 e. The zero-order valence-electron chi connectivity index (χ0n) is 19.8. The molecule has 0 radical (unpaired) electrons. The summed E-state index contributed by atoms with van der Waals surface area (Å²) in [7, 11) is 1.45. The van der Waals surface area contributed by atoms with E-state index in [1.165, 1.54) is 45.6 Å². The van der Waals surface area contributed by atoms with Crippen LogP contribution in [-0.2, 0) is 14.3 Å². The van der Waals surface area contributed by atoms with Gasteiger partial charge in [-0.3, -0.25) is 14.6 Å². The number of anilines is 1. The van der Waals surface area contributed by atoms with Gasteiger partial charge < -0.3 is 19.8 Å². The Morgan fingerprint density at radius 1 is 1.15 bits per heavy atom. The van der Waals surface area contributed by atoms with E-state index in [9.17, 15) is 14.4 Å². The number of rotatable bonds is 11. The minimum absolute atomic E-state index is 0.283. The maximum atomic E-state index is 12.5. The van der Waals surface area contributed by atoms with Gasteiger partial charge >= 0.3 is 6.09 Å². The number of pyridine rings is 1. The van der Waals surface area contributed by atoms with Gasteiger partial charge in [0.1, 0.15) is 0 Å². The van der Waals surface area contributed by atoms with E-state index in [0.717, 1.165) is 19.3 Å².